The summed E-state index contributed by atoms with van der Waals surface area (Å²) in [5.74, 6) is -2.70. The van der Waals surface area contributed by atoms with Crippen molar-refractivity contribution in [2.24, 2.45) is 5.73 Å². The summed E-state index contributed by atoms with van der Waals surface area (Å²) < 4.78 is 26.6. The summed E-state index contributed by atoms with van der Waals surface area (Å²) in [4.78, 5) is 10.8. The van der Waals surface area contributed by atoms with Gasteiger partial charge in [-0.25, -0.2) is 8.78 Å². The van der Waals surface area contributed by atoms with Crippen molar-refractivity contribution in [1.29, 1.82) is 5.26 Å². The number of rotatable bonds is 3. The highest BCUT2D eigenvalue weighted by Gasteiger charge is 2.16. The van der Waals surface area contributed by atoms with Crippen LogP contribution in [0, 0.1) is 23.0 Å². The fraction of sp³-hybridized carbons (Fsp3) is 0.200. The second-order valence-electron chi connectivity index (χ2n) is 2.91. The molecule has 1 aromatic carbocycles. The van der Waals surface area contributed by atoms with Crippen LogP contribution in [-0.4, -0.2) is 5.91 Å². The van der Waals surface area contributed by atoms with Crippen LogP contribution in [0.25, 0.3) is 0 Å². The molecule has 2 N–H and O–H groups in total. The van der Waals surface area contributed by atoms with E-state index in [0.717, 1.165) is 12.1 Å². The third-order valence-electron chi connectivity index (χ3n) is 1.94. The molecule has 0 atom stereocenters. The quantitative estimate of drug-likeness (QED) is 0.821. The molecular weight excluding hydrogens is 202 g/mol. The SMILES string of the molecule is N#CCCc1c(F)ccc(C(N)=O)c1F. The van der Waals surface area contributed by atoms with Crippen LogP contribution in [0.5, 0.6) is 0 Å². The van der Waals surface area contributed by atoms with Gasteiger partial charge in [0.05, 0.1) is 11.6 Å². The molecule has 0 bridgehead atoms. The summed E-state index contributed by atoms with van der Waals surface area (Å²) in [6.45, 7) is 0. The molecular formula is C10H8F2N2O. The zero-order valence-corrected chi connectivity index (χ0v) is 7.76. The first-order chi connectivity index (χ1) is 7.07. The minimum absolute atomic E-state index is 0.0178. The average molecular weight is 210 g/mol. The fourth-order valence-electron chi connectivity index (χ4n) is 1.20. The summed E-state index contributed by atoms with van der Waals surface area (Å²) in [5, 5.41) is 8.30. The van der Waals surface area contributed by atoms with E-state index in [2.05, 4.69) is 0 Å². The van der Waals surface area contributed by atoms with E-state index in [4.69, 9.17) is 11.0 Å². The maximum atomic E-state index is 13.5. The van der Waals surface area contributed by atoms with Gasteiger partial charge in [0, 0.05) is 12.0 Å². The Morgan fingerprint density at radius 3 is 2.67 bits per heavy atom. The van der Waals surface area contributed by atoms with Crippen LogP contribution in [0.3, 0.4) is 0 Å². The number of hydrogen-bond donors (Lipinski definition) is 1. The van der Waals surface area contributed by atoms with E-state index >= 15 is 0 Å². The molecule has 0 saturated carbocycles. The minimum Gasteiger partial charge on any atom is -0.366 e. The number of nitrogens with zero attached hydrogens (tertiary/aromatic N) is 1. The van der Waals surface area contributed by atoms with E-state index in [-0.39, 0.29) is 24.0 Å². The third-order valence-corrected chi connectivity index (χ3v) is 1.94. The monoisotopic (exact) mass is 210 g/mol. The van der Waals surface area contributed by atoms with Crippen LogP contribution >= 0.6 is 0 Å². The van der Waals surface area contributed by atoms with Gasteiger partial charge >= 0.3 is 0 Å². The topological polar surface area (TPSA) is 66.9 Å². The van der Waals surface area contributed by atoms with E-state index in [1.165, 1.54) is 0 Å². The Balaban J connectivity index is 3.19. The van der Waals surface area contributed by atoms with E-state index < -0.39 is 17.5 Å². The lowest BCUT2D eigenvalue weighted by molar-refractivity contribution is 0.0996. The molecule has 0 radical (unpaired) electrons. The number of primary amides is 1. The van der Waals surface area contributed by atoms with E-state index in [9.17, 15) is 13.6 Å². The number of hydrogen-bond acceptors (Lipinski definition) is 2. The van der Waals surface area contributed by atoms with Gasteiger partial charge in [-0.3, -0.25) is 4.79 Å². The largest absolute Gasteiger partial charge is 0.366 e. The molecule has 0 aromatic heterocycles. The van der Waals surface area contributed by atoms with Crippen LogP contribution in [0.1, 0.15) is 22.3 Å². The van der Waals surface area contributed by atoms with Crippen LogP contribution in [0.2, 0.25) is 0 Å². The molecule has 0 aliphatic rings. The van der Waals surface area contributed by atoms with Gasteiger partial charge in [-0.15, -0.1) is 0 Å². The maximum Gasteiger partial charge on any atom is 0.251 e. The van der Waals surface area contributed by atoms with Gasteiger partial charge in [0.15, 0.2) is 0 Å². The number of carbonyl (C=O) groups excluding carboxylic acids is 1. The van der Waals surface area contributed by atoms with Gasteiger partial charge in [0.1, 0.15) is 11.6 Å². The lowest BCUT2D eigenvalue weighted by atomic mass is 10.0. The molecule has 3 nitrogen and oxygen atoms in total. The summed E-state index contributed by atoms with van der Waals surface area (Å²) >= 11 is 0. The van der Waals surface area contributed by atoms with Crippen LogP contribution in [0.15, 0.2) is 12.1 Å². The molecule has 0 fully saturated rings. The van der Waals surface area contributed by atoms with Gasteiger partial charge < -0.3 is 5.73 Å². The first-order valence-electron chi connectivity index (χ1n) is 4.21. The first kappa shape index (κ1) is 11.1. The molecule has 0 aliphatic heterocycles. The Bertz CT molecular complexity index is 438. The van der Waals surface area contributed by atoms with Gasteiger partial charge in [-0.1, -0.05) is 0 Å². The Hall–Kier alpha value is -1.96. The third kappa shape index (κ3) is 2.29. The Kier molecular flexibility index (Phi) is 3.34. The van der Waals surface area contributed by atoms with Crippen molar-refractivity contribution < 1.29 is 13.6 Å². The van der Waals surface area contributed by atoms with Crippen LogP contribution in [-0.2, 0) is 6.42 Å². The number of nitrogens with two attached hydrogens (primary N) is 1. The van der Waals surface area contributed by atoms with Crippen molar-refractivity contribution in [2.75, 3.05) is 0 Å². The van der Waals surface area contributed by atoms with Crippen molar-refractivity contribution in [3.63, 3.8) is 0 Å². The van der Waals surface area contributed by atoms with Crippen molar-refractivity contribution in [1.82, 2.24) is 0 Å². The van der Waals surface area contributed by atoms with Crippen molar-refractivity contribution in [3.8, 4) is 6.07 Å². The molecule has 15 heavy (non-hydrogen) atoms. The summed E-state index contributed by atoms with van der Waals surface area (Å²) in [7, 11) is 0. The molecule has 0 saturated heterocycles. The van der Waals surface area contributed by atoms with Crippen molar-refractivity contribution >= 4 is 5.91 Å². The number of benzene rings is 1. The first-order valence-corrected chi connectivity index (χ1v) is 4.21. The second kappa shape index (κ2) is 4.51. The second-order valence-corrected chi connectivity index (χ2v) is 2.91. The Labute approximate surface area is 85.1 Å². The normalized spacial score (nSPS) is 9.67. The predicted octanol–water partition coefficient (Wildman–Crippen LogP) is 1.52. The van der Waals surface area contributed by atoms with Crippen LogP contribution < -0.4 is 5.73 Å². The van der Waals surface area contributed by atoms with E-state index in [1.54, 1.807) is 6.07 Å². The highest BCUT2D eigenvalue weighted by molar-refractivity contribution is 5.93. The number of amides is 1. The number of carbonyl (C=O) groups is 1. The molecule has 0 spiro atoms. The van der Waals surface area contributed by atoms with Crippen molar-refractivity contribution in [3.05, 3.63) is 34.9 Å². The van der Waals surface area contributed by atoms with Gasteiger partial charge in [-0.05, 0) is 18.6 Å². The summed E-state index contributed by atoms with van der Waals surface area (Å²) in [6.07, 6.45) is -0.0919. The molecule has 0 aliphatic carbocycles. The molecule has 1 aromatic rings. The maximum absolute atomic E-state index is 13.5. The van der Waals surface area contributed by atoms with Gasteiger partial charge in [0.2, 0.25) is 0 Å². The minimum atomic E-state index is -0.974. The summed E-state index contributed by atoms with van der Waals surface area (Å²) in [6, 6.07) is 3.73. The highest BCUT2D eigenvalue weighted by atomic mass is 19.1. The molecule has 5 heteroatoms. The van der Waals surface area contributed by atoms with Gasteiger partial charge in [-0.2, -0.15) is 5.26 Å². The smallest absolute Gasteiger partial charge is 0.251 e. The molecule has 0 heterocycles. The highest BCUT2D eigenvalue weighted by Crippen LogP contribution is 2.18. The lowest BCUT2D eigenvalue weighted by Gasteiger charge is -2.05. The average Bonchev–Trinajstić information content (AvgIpc) is 2.17. The summed E-state index contributed by atoms with van der Waals surface area (Å²) in [5.41, 5.74) is 4.27. The Morgan fingerprint density at radius 1 is 1.47 bits per heavy atom. The molecule has 1 rings (SSSR count). The predicted molar refractivity (Wildman–Crippen MR) is 48.8 cm³/mol. The van der Waals surface area contributed by atoms with Gasteiger partial charge in [0.25, 0.3) is 5.91 Å². The molecule has 0 unspecified atom stereocenters. The zero-order chi connectivity index (χ0) is 11.4. The number of halogens is 2. The van der Waals surface area contributed by atoms with E-state index in [1.807, 2.05) is 0 Å². The Morgan fingerprint density at radius 2 is 2.13 bits per heavy atom. The van der Waals surface area contributed by atoms with Crippen molar-refractivity contribution in [2.45, 2.75) is 12.8 Å². The molecule has 78 valence electrons. The number of nitriles is 1. The standard InChI is InChI=1S/C10H8F2N2O/c11-8-4-3-7(10(14)15)9(12)6(8)2-1-5-13/h3-4H,1-2H2,(H2,14,15). The molecule has 1 amide bonds. The lowest BCUT2D eigenvalue weighted by Crippen LogP contribution is -2.15. The fourth-order valence-corrected chi connectivity index (χ4v) is 1.20. The zero-order valence-electron chi connectivity index (χ0n) is 7.76. The van der Waals surface area contributed by atoms with E-state index in [0.29, 0.717) is 0 Å². The van der Waals surface area contributed by atoms with Crippen LogP contribution in [0.4, 0.5) is 8.78 Å².